The Bertz CT molecular complexity index is 266. The summed E-state index contributed by atoms with van der Waals surface area (Å²) in [7, 11) is 0. The van der Waals surface area contributed by atoms with Crippen LogP contribution in [0.4, 0.5) is 0 Å². The average molecular weight is 266 g/mol. The molecular weight excluding hydrogens is 232 g/mol. The lowest BCUT2D eigenvalue weighted by Crippen LogP contribution is -2.48. The highest BCUT2D eigenvalue weighted by atomic mass is 15.2. The predicted molar refractivity (Wildman–Crippen MR) is 83.2 cm³/mol. The van der Waals surface area contributed by atoms with E-state index in [0.29, 0.717) is 5.41 Å². The molecule has 1 aliphatic carbocycles. The average Bonchev–Trinajstić information content (AvgIpc) is 2.63. The van der Waals surface area contributed by atoms with Crippen molar-refractivity contribution in [1.82, 2.24) is 4.90 Å². The first kappa shape index (κ1) is 15.3. The summed E-state index contributed by atoms with van der Waals surface area (Å²) < 4.78 is 0. The van der Waals surface area contributed by atoms with Crippen molar-refractivity contribution in [2.45, 2.75) is 77.7 Å². The second-order valence-electron chi connectivity index (χ2n) is 7.29. The lowest BCUT2D eigenvalue weighted by atomic mass is 9.69. The Hall–Kier alpha value is -0.0800. The molecule has 2 rings (SSSR count). The summed E-state index contributed by atoms with van der Waals surface area (Å²) in [4.78, 5) is 2.80. The molecule has 112 valence electrons. The molecule has 1 heterocycles. The normalized spacial score (nSPS) is 38.1. The van der Waals surface area contributed by atoms with E-state index in [9.17, 15) is 0 Å². The third-order valence-electron chi connectivity index (χ3n) is 5.63. The van der Waals surface area contributed by atoms with Gasteiger partial charge in [-0.25, -0.2) is 0 Å². The van der Waals surface area contributed by atoms with Gasteiger partial charge in [-0.2, -0.15) is 0 Å². The van der Waals surface area contributed by atoms with Crippen molar-refractivity contribution in [3.05, 3.63) is 0 Å². The first-order valence-corrected chi connectivity index (χ1v) is 8.63. The van der Waals surface area contributed by atoms with Gasteiger partial charge >= 0.3 is 0 Å². The molecule has 2 fully saturated rings. The topological polar surface area (TPSA) is 29.3 Å². The number of hydrogen-bond acceptors (Lipinski definition) is 2. The number of rotatable bonds is 4. The van der Waals surface area contributed by atoms with Gasteiger partial charge in [0.25, 0.3) is 0 Å². The van der Waals surface area contributed by atoms with Crippen LogP contribution in [0, 0.1) is 11.3 Å². The Morgan fingerprint density at radius 3 is 2.68 bits per heavy atom. The van der Waals surface area contributed by atoms with Gasteiger partial charge in [0.2, 0.25) is 0 Å². The van der Waals surface area contributed by atoms with E-state index in [2.05, 4.69) is 18.7 Å². The molecule has 3 unspecified atom stereocenters. The van der Waals surface area contributed by atoms with E-state index in [1.807, 2.05) is 0 Å². The zero-order valence-corrected chi connectivity index (χ0v) is 13.2. The van der Waals surface area contributed by atoms with Crippen LogP contribution in [0.3, 0.4) is 0 Å². The maximum Gasteiger partial charge on any atom is 0.00928 e. The predicted octanol–water partition coefficient (Wildman–Crippen LogP) is 3.80. The molecule has 0 bridgehead atoms. The highest BCUT2D eigenvalue weighted by Crippen LogP contribution is 2.40. The Morgan fingerprint density at radius 1 is 1.16 bits per heavy atom. The molecule has 1 saturated carbocycles. The molecule has 1 aliphatic heterocycles. The zero-order valence-electron chi connectivity index (χ0n) is 13.2. The second kappa shape index (κ2) is 7.08. The van der Waals surface area contributed by atoms with Crippen LogP contribution in [0.15, 0.2) is 0 Å². The Kier molecular flexibility index (Phi) is 5.70. The molecule has 2 N–H and O–H groups in total. The van der Waals surface area contributed by atoms with E-state index >= 15 is 0 Å². The summed E-state index contributed by atoms with van der Waals surface area (Å²) in [5.74, 6) is 0.879. The lowest BCUT2D eigenvalue weighted by Gasteiger charge is -2.44. The first-order chi connectivity index (χ1) is 9.19. The molecule has 0 aromatic carbocycles. The van der Waals surface area contributed by atoms with Crippen molar-refractivity contribution >= 4 is 0 Å². The third-order valence-corrected chi connectivity index (χ3v) is 5.63. The van der Waals surface area contributed by atoms with Crippen LogP contribution in [-0.2, 0) is 0 Å². The molecule has 2 aliphatic rings. The lowest BCUT2D eigenvalue weighted by molar-refractivity contribution is 0.0641. The standard InChI is InChI=1S/C17H34N2/c1-3-16-9-5-4-6-11-19(16)14-17(13-18)10-7-8-15(2)12-17/h15-16H,3-14,18H2,1-2H3. The third kappa shape index (κ3) is 3.95. The fourth-order valence-electron chi connectivity index (χ4n) is 4.50. The molecule has 0 aromatic rings. The monoisotopic (exact) mass is 266 g/mol. The van der Waals surface area contributed by atoms with Crippen LogP contribution in [0.5, 0.6) is 0 Å². The Labute approximate surface area is 120 Å². The van der Waals surface area contributed by atoms with Gasteiger partial charge in [-0.15, -0.1) is 0 Å². The SMILES string of the molecule is CCC1CCCCCN1CC1(CN)CCCC(C)C1. The smallest absolute Gasteiger partial charge is 0.00928 e. The largest absolute Gasteiger partial charge is 0.330 e. The van der Waals surface area contributed by atoms with E-state index in [-0.39, 0.29) is 0 Å². The molecule has 0 aromatic heterocycles. The Morgan fingerprint density at radius 2 is 2.00 bits per heavy atom. The summed E-state index contributed by atoms with van der Waals surface area (Å²) in [6, 6.07) is 0.822. The highest BCUT2D eigenvalue weighted by Gasteiger charge is 2.36. The fourth-order valence-corrected chi connectivity index (χ4v) is 4.50. The van der Waals surface area contributed by atoms with Gasteiger partial charge < -0.3 is 5.73 Å². The van der Waals surface area contributed by atoms with Gasteiger partial charge in [0.15, 0.2) is 0 Å². The minimum Gasteiger partial charge on any atom is -0.330 e. The van der Waals surface area contributed by atoms with Crippen molar-refractivity contribution in [2.24, 2.45) is 17.1 Å². The minimum absolute atomic E-state index is 0.426. The summed E-state index contributed by atoms with van der Waals surface area (Å²) in [5.41, 5.74) is 6.64. The van der Waals surface area contributed by atoms with Crippen LogP contribution >= 0.6 is 0 Å². The number of nitrogens with two attached hydrogens (primary N) is 1. The van der Waals surface area contributed by atoms with Crippen molar-refractivity contribution in [3.63, 3.8) is 0 Å². The molecule has 2 heteroatoms. The van der Waals surface area contributed by atoms with Crippen LogP contribution in [0.2, 0.25) is 0 Å². The maximum absolute atomic E-state index is 6.22. The van der Waals surface area contributed by atoms with E-state index < -0.39 is 0 Å². The quantitative estimate of drug-likeness (QED) is 0.838. The van der Waals surface area contributed by atoms with Gasteiger partial charge in [-0.3, -0.25) is 4.90 Å². The molecule has 0 amide bonds. The van der Waals surface area contributed by atoms with Crippen LogP contribution in [0.25, 0.3) is 0 Å². The molecule has 0 spiro atoms. The van der Waals surface area contributed by atoms with E-state index in [1.165, 1.54) is 70.9 Å². The zero-order chi connectivity index (χ0) is 13.7. The maximum atomic E-state index is 6.22. The van der Waals surface area contributed by atoms with Crippen molar-refractivity contribution < 1.29 is 0 Å². The fraction of sp³-hybridized carbons (Fsp3) is 1.00. The number of hydrogen-bond donors (Lipinski definition) is 1. The molecule has 0 radical (unpaired) electrons. The molecule has 2 nitrogen and oxygen atoms in total. The molecule has 3 atom stereocenters. The van der Waals surface area contributed by atoms with Crippen molar-refractivity contribution in [3.8, 4) is 0 Å². The van der Waals surface area contributed by atoms with Gasteiger partial charge in [0.1, 0.15) is 0 Å². The summed E-state index contributed by atoms with van der Waals surface area (Å²) in [5, 5.41) is 0. The van der Waals surface area contributed by atoms with Crippen LogP contribution in [0.1, 0.15) is 71.6 Å². The van der Waals surface area contributed by atoms with E-state index in [0.717, 1.165) is 18.5 Å². The molecule has 1 saturated heterocycles. The van der Waals surface area contributed by atoms with Crippen molar-refractivity contribution in [2.75, 3.05) is 19.6 Å². The van der Waals surface area contributed by atoms with E-state index in [1.54, 1.807) is 0 Å². The Balaban J connectivity index is 2.02. The van der Waals surface area contributed by atoms with Gasteiger partial charge in [0, 0.05) is 12.6 Å². The summed E-state index contributed by atoms with van der Waals surface area (Å²) >= 11 is 0. The molecular formula is C17H34N2. The van der Waals surface area contributed by atoms with Crippen LogP contribution in [-0.4, -0.2) is 30.6 Å². The second-order valence-corrected chi connectivity index (χ2v) is 7.29. The van der Waals surface area contributed by atoms with Gasteiger partial charge in [0.05, 0.1) is 0 Å². The summed E-state index contributed by atoms with van der Waals surface area (Å²) in [6.45, 7) is 8.26. The highest BCUT2D eigenvalue weighted by molar-refractivity contribution is 4.90. The first-order valence-electron chi connectivity index (χ1n) is 8.63. The van der Waals surface area contributed by atoms with Crippen LogP contribution < -0.4 is 5.73 Å². The van der Waals surface area contributed by atoms with E-state index in [4.69, 9.17) is 5.73 Å². The van der Waals surface area contributed by atoms with Gasteiger partial charge in [-0.05, 0) is 56.5 Å². The van der Waals surface area contributed by atoms with Crippen molar-refractivity contribution in [1.29, 1.82) is 0 Å². The summed E-state index contributed by atoms with van der Waals surface area (Å²) in [6.07, 6.45) is 12.5. The number of likely N-dealkylation sites (tertiary alicyclic amines) is 1. The molecule has 19 heavy (non-hydrogen) atoms. The number of nitrogens with zero attached hydrogens (tertiary/aromatic N) is 1. The van der Waals surface area contributed by atoms with Gasteiger partial charge in [-0.1, -0.05) is 39.5 Å². The minimum atomic E-state index is 0.426.